The molecule has 3 aromatic carbocycles. The van der Waals surface area contributed by atoms with Crippen molar-refractivity contribution < 1.29 is 22.2 Å². The third kappa shape index (κ3) is 5.01. The standard InChI is InChI=1S/C19H12Br2ClFN2O4S/c20-11-4-7-13(8-5-11)24-19(26)14-10-12(21)6-9-16(14)25(30(27,28)29)17-3-1-2-15(22)18(17)23/h1-10H,(H,24,26)(H,27,28,29). The van der Waals surface area contributed by atoms with Crippen LogP contribution in [0.25, 0.3) is 0 Å². The van der Waals surface area contributed by atoms with E-state index >= 15 is 0 Å². The lowest BCUT2D eigenvalue weighted by Gasteiger charge is -2.24. The average Bonchev–Trinajstić information content (AvgIpc) is 2.67. The molecular weight excluding hydrogens is 567 g/mol. The second-order valence-corrected chi connectivity index (χ2v) is 9.44. The summed E-state index contributed by atoms with van der Waals surface area (Å²) < 4.78 is 50.4. The first-order valence-corrected chi connectivity index (χ1v) is 11.5. The monoisotopic (exact) mass is 576 g/mol. The molecule has 11 heteroatoms. The van der Waals surface area contributed by atoms with Gasteiger partial charge in [-0.1, -0.05) is 49.5 Å². The van der Waals surface area contributed by atoms with E-state index in [1.165, 1.54) is 30.3 Å². The van der Waals surface area contributed by atoms with Gasteiger partial charge in [-0.15, -0.1) is 0 Å². The first-order chi connectivity index (χ1) is 14.1. The Hall–Kier alpha value is -1.98. The van der Waals surface area contributed by atoms with E-state index in [-0.39, 0.29) is 16.3 Å². The number of amides is 1. The fraction of sp³-hybridized carbons (Fsp3) is 0. The minimum absolute atomic E-state index is 0.135. The molecule has 0 radical (unpaired) electrons. The minimum Gasteiger partial charge on any atom is -0.322 e. The van der Waals surface area contributed by atoms with Crippen molar-refractivity contribution in [3.8, 4) is 0 Å². The van der Waals surface area contributed by atoms with E-state index in [2.05, 4.69) is 37.2 Å². The summed E-state index contributed by atoms with van der Waals surface area (Å²) in [7, 11) is -5.02. The molecular formula is C19H12Br2ClFN2O4S. The van der Waals surface area contributed by atoms with Crippen LogP contribution >= 0.6 is 43.5 Å². The van der Waals surface area contributed by atoms with Crippen LogP contribution in [-0.4, -0.2) is 18.9 Å². The van der Waals surface area contributed by atoms with Crippen LogP contribution in [0.3, 0.4) is 0 Å². The zero-order valence-electron chi connectivity index (χ0n) is 14.8. The van der Waals surface area contributed by atoms with Crippen LogP contribution in [-0.2, 0) is 10.3 Å². The van der Waals surface area contributed by atoms with Gasteiger partial charge in [-0.05, 0) is 54.6 Å². The molecule has 0 spiro atoms. The van der Waals surface area contributed by atoms with Gasteiger partial charge < -0.3 is 5.32 Å². The lowest BCUT2D eigenvalue weighted by Crippen LogP contribution is -2.28. The van der Waals surface area contributed by atoms with E-state index in [0.717, 1.165) is 10.5 Å². The number of carbonyl (C=O) groups excluding carboxylic acids is 1. The summed E-state index contributed by atoms with van der Waals surface area (Å²) in [4.78, 5) is 12.9. The molecule has 156 valence electrons. The van der Waals surface area contributed by atoms with Crippen LogP contribution in [0.5, 0.6) is 0 Å². The molecule has 0 fully saturated rings. The smallest absolute Gasteiger partial charge is 0.322 e. The van der Waals surface area contributed by atoms with E-state index in [0.29, 0.717) is 14.5 Å². The van der Waals surface area contributed by atoms with Gasteiger partial charge in [0.05, 0.1) is 22.0 Å². The summed E-state index contributed by atoms with van der Waals surface area (Å²) in [6, 6.07) is 14.4. The van der Waals surface area contributed by atoms with Gasteiger partial charge >= 0.3 is 10.3 Å². The molecule has 2 N–H and O–H groups in total. The van der Waals surface area contributed by atoms with Crippen LogP contribution in [0, 0.1) is 5.82 Å². The number of rotatable bonds is 5. The van der Waals surface area contributed by atoms with Crippen molar-refractivity contribution >= 4 is 76.7 Å². The second-order valence-electron chi connectivity index (χ2n) is 5.94. The SMILES string of the molecule is O=C(Nc1ccc(Br)cc1)c1cc(Br)ccc1N(c1cccc(Cl)c1F)S(=O)(=O)O. The largest absolute Gasteiger partial charge is 0.364 e. The molecule has 1 amide bonds. The Balaban J connectivity index is 2.15. The van der Waals surface area contributed by atoms with Crippen LogP contribution in [0.15, 0.2) is 69.6 Å². The summed E-state index contributed by atoms with van der Waals surface area (Å²) in [6.07, 6.45) is 0. The molecule has 0 aromatic heterocycles. The molecule has 0 bridgehead atoms. The third-order valence-electron chi connectivity index (χ3n) is 3.90. The summed E-state index contributed by atoms with van der Waals surface area (Å²) in [6.45, 7) is 0. The Morgan fingerprint density at radius 2 is 1.63 bits per heavy atom. The highest BCUT2D eigenvalue weighted by Gasteiger charge is 2.30. The summed E-state index contributed by atoms with van der Waals surface area (Å²) in [5.41, 5.74) is -0.493. The van der Waals surface area contributed by atoms with Gasteiger partial charge in [0.25, 0.3) is 5.91 Å². The van der Waals surface area contributed by atoms with Crippen LogP contribution in [0.4, 0.5) is 21.5 Å². The molecule has 0 aliphatic carbocycles. The van der Waals surface area contributed by atoms with Gasteiger partial charge in [0, 0.05) is 14.6 Å². The maximum Gasteiger partial charge on any atom is 0.364 e. The van der Waals surface area contributed by atoms with Gasteiger partial charge in [0.15, 0.2) is 5.82 Å². The topological polar surface area (TPSA) is 86.7 Å². The molecule has 30 heavy (non-hydrogen) atoms. The van der Waals surface area contributed by atoms with Gasteiger partial charge in [-0.25, -0.2) is 8.70 Å². The number of anilines is 3. The Bertz CT molecular complexity index is 1220. The maximum atomic E-state index is 14.6. The highest BCUT2D eigenvalue weighted by atomic mass is 79.9. The fourth-order valence-corrected chi connectivity index (χ4v) is 4.22. The van der Waals surface area contributed by atoms with Crippen molar-refractivity contribution in [2.75, 3.05) is 9.62 Å². The molecule has 3 aromatic rings. The molecule has 0 saturated heterocycles. The number of nitrogens with zero attached hydrogens (tertiary/aromatic N) is 1. The van der Waals surface area contributed by atoms with E-state index < -0.39 is 27.7 Å². The second kappa shape index (κ2) is 9.03. The zero-order chi connectivity index (χ0) is 22.1. The minimum atomic E-state index is -5.02. The molecule has 0 atom stereocenters. The van der Waals surface area contributed by atoms with E-state index in [1.54, 1.807) is 24.3 Å². The van der Waals surface area contributed by atoms with Crippen molar-refractivity contribution in [1.29, 1.82) is 0 Å². The molecule has 0 aliphatic rings. The predicted octanol–water partition coefficient (Wildman–Crippen LogP) is 6.20. The van der Waals surface area contributed by atoms with E-state index in [4.69, 9.17) is 11.6 Å². The zero-order valence-corrected chi connectivity index (χ0v) is 19.6. The summed E-state index contributed by atoms with van der Waals surface area (Å²) in [5, 5.41) is 2.29. The Kier molecular flexibility index (Phi) is 6.83. The van der Waals surface area contributed by atoms with Crippen molar-refractivity contribution in [2.45, 2.75) is 0 Å². The van der Waals surface area contributed by atoms with Crippen LogP contribution < -0.4 is 9.62 Å². The number of carbonyl (C=O) groups is 1. The highest BCUT2D eigenvalue weighted by Crippen LogP contribution is 2.36. The third-order valence-corrected chi connectivity index (χ3v) is 6.07. The first kappa shape index (κ1) is 22.7. The molecule has 0 aliphatic heterocycles. The Morgan fingerprint density at radius 3 is 2.27 bits per heavy atom. The molecule has 0 unspecified atom stereocenters. The lowest BCUT2D eigenvalue weighted by atomic mass is 10.1. The van der Waals surface area contributed by atoms with Crippen molar-refractivity contribution in [3.05, 3.63) is 86.0 Å². The number of halogens is 4. The lowest BCUT2D eigenvalue weighted by molar-refractivity contribution is 0.102. The quantitative estimate of drug-likeness (QED) is 0.353. The molecule has 0 heterocycles. The predicted molar refractivity (Wildman–Crippen MR) is 121 cm³/mol. The van der Waals surface area contributed by atoms with Crippen molar-refractivity contribution in [1.82, 2.24) is 0 Å². The fourth-order valence-electron chi connectivity index (χ4n) is 2.63. The molecule has 0 saturated carbocycles. The van der Waals surface area contributed by atoms with Gasteiger partial charge in [-0.2, -0.15) is 8.42 Å². The van der Waals surface area contributed by atoms with Gasteiger partial charge in [0.2, 0.25) is 0 Å². The summed E-state index contributed by atoms with van der Waals surface area (Å²) in [5.74, 6) is -1.75. The molecule has 6 nitrogen and oxygen atoms in total. The number of hydrogen-bond donors (Lipinski definition) is 2. The number of hydrogen-bond acceptors (Lipinski definition) is 3. The number of benzene rings is 3. The van der Waals surface area contributed by atoms with Gasteiger partial charge in [-0.3, -0.25) is 9.35 Å². The number of nitrogens with one attached hydrogen (secondary N) is 1. The van der Waals surface area contributed by atoms with Crippen molar-refractivity contribution in [3.63, 3.8) is 0 Å². The maximum absolute atomic E-state index is 14.6. The Labute approximate surface area is 193 Å². The van der Waals surface area contributed by atoms with E-state index in [9.17, 15) is 22.2 Å². The highest BCUT2D eigenvalue weighted by molar-refractivity contribution is 9.10. The summed E-state index contributed by atoms with van der Waals surface area (Å²) >= 11 is 12.3. The Morgan fingerprint density at radius 1 is 1.00 bits per heavy atom. The first-order valence-electron chi connectivity index (χ1n) is 8.16. The normalized spacial score (nSPS) is 11.2. The van der Waals surface area contributed by atoms with Crippen LogP contribution in [0.1, 0.15) is 10.4 Å². The van der Waals surface area contributed by atoms with E-state index in [1.807, 2.05) is 0 Å². The van der Waals surface area contributed by atoms with Crippen LogP contribution in [0.2, 0.25) is 5.02 Å². The van der Waals surface area contributed by atoms with Crippen molar-refractivity contribution in [2.24, 2.45) is 0 Å². The molecule has 3 rings (SSSR count). The van der Waals surface area contributed by atoms with Gasteiger partial charge in [0.1, 0.15) is 0 Å². The average molecular weight is 579 g/mol.